The molecule has 0 unspecified atom stereocenters. The van der Waals surface area contributed by atoms with Crippen LogP contribution in [-0.4, -0.2) is 49.7 Å². The van der Waals surface area contributed by atoms with Crippen molar-refractivity contribution in [2.75, 3.05) is 37.5 Å². The molecule has 7 heteroatoms. The van der Waals surface area contributed by atoms with E-state index in [2.05, 4.69) is 23.6 Å². The van der Waals surface area contributed by atoms with Gasteiger partial charge < -0.3 is 19.5 Å². The van der Waals surface area contributed by atoms with Gasteiger partial charge in [0.15, 0.2) is 0 Å². The van der Waals surface area contributed by atoms with Gasteiger partial charge in [-0.2, -0.15) is 0 Å². The largest absolute Gasteiger partial charge is 0.490 e. The summed E-state index contributed by atoms with van der Waals surface area (Å²) in [5.74, 6) is 1.67. The van der Waals surface area contributed by atoms with E-state index >= 15 is 0 Å². The average Bonchev–Trinajstić information content (AvgIpc) is 2.97. The molecule has 1 fully saturated rings. The lowest BCUT2D eigenvalue weighted by Crippen LogP contribution is -2.48. The smallest absolute Gasteiger partial charge is 0.335 e. The van der Waals surface area contributed by atoms with E-state index < -0.39 is 5.97 Å². The van der Waals surface area contributed by atoms with E-state index in [4.69, 9.17) is 21.1 Å². The first-order chi connectivity index (χ1) is 16.4. The number of nitrogens with zero attached hydrogens (tertiary/aromatic N) is 1. The van der Waals surface area contributed by atoms with Crippen LogP contribution in [0.3, 0.4) is 0 Å². The van der Waals surface area contributed by atoms with Crippen molar-refractivity contribution in [2.45, 2.75) is 30.1 Å². The van der Waals surface area contributed by atoms with E-state index in [-0.39, 0.29) is 16.4 Å². The highest BCUT2D eigenvalue weighted by Gasteiger charge is 2.44. The summed E-state index contributed by atoms with van der Waals surface area (Å²) < 4.78 is 11.8. The van der Waals surface area contributed by atoms with Crippen LogP contribution in [0.15, 0.2) is 49.1 Å². The summed E-state index contributed by atoms with van der Waals surface area (Å²) in [5, 5.41) is 10.4. The Morgan fingerprint density at radius 2 is 2.24 bits per heavy atom. The number of carboxylic acids is 1. The Morgan fingerprint density at radius 3 is 2.94 bits per heavy atom. The fourth-order valence-corrected chi connectivity index (χ4v) is 7.35. The molecule has 1 N–H and O–H groups in total. The monoisotopic (exact) mass is 499 g/mol. The number of rotatable bonds is 6. The van der Waals surface area contributed by atoms with Crippen molar-refractivity contribution in [3.8, 4) is 5.75 Å². The van der Waals surface area contributed by atoms with Crippen LogP contribution in [-0.2, 0) is 15.9 Å². The first-order valence-corrected chi connectivity index (χ1v) is 13.1. The molecule has 1 saturated carbocycles. The zero-order valence-corrected chi connectivity index (χ0v) is 20.9. The first-order valence-electron chi connectivity index (χ1n) is 11.8. The number of fused-ring (bicyclic) bond motifs is 3. The molecule has 0 amide bonds. The van der Waals surface area contributed by atoms with Crippen LogP contribution in [0.5, 0.6) is 5.75 Å². The standard InChI is InChI=1S/C27H30ClNO4S/c1-3-24(32-2)21-7-4-19(21)14-29-15-27(22-8-6-20(28)12-17(22)10-11-34-27)16-33-25-9-5-18(26(30)31)13-23(25)29/h3,5-6,8-9,12-13,19,21,24H,1,4,7,10-11,14-16H2,2H3,(H,30,31)/t19-,21+,24-,27+/m0/s1. The SMILES string of the molecule is C=C[C@H](OC)[C@@H]1CC[C@H]1CN1C[C@]2(COc3ccc(C(=O)O)cc31)SCCc1cc(Cl)ccc12. The lowest BCUT2D eigenvalue weighted by molar-refractivity contribution is 0.0138. The van der Waals surface area contributed by atoms with Gasteiger partial charge in [-0.25, -0.2) is 4.79 Å². The number of ether oxygens (including phenoxy) is 2. The predicted octanol–water partition coefficient (Wildman–Crippen LogP) is 5.65. The molecular formula is C27H30ClNO4S. The number of aryl methyl sites for hydroxylation is 1. The van der Waals surface area contributed by atoms with E-state index in [0.29, 0.717) is 18.4 Å². The second kappa shape index (κ2) is 9.48. The van der Waals surface area contributed by atoms with Gasteiger partial charge in [-0.3, -0.25) is 0 Å². The van der Waals surface area contributed by atoms with Gasteiger partial charge in [0.25, 0.3) is 0 Å². The van der Waals surface area contributed by atoms with Crippen LogP contribution in [0, 0.1) is 11.8 Å². The number of methoxy groups -OCH3 is 1. The molecule has 0 saturated heterocycles. The molecule has 1 aliphatic carbocycles. The third kappa shape index (κ3) is 4.21. The van der Waals surface area contributed by atoms with Crippen LogP contribution < -0.4 is 9.64 Å². The molecule has 3 aliphatic rings. The van der Waals surface area contributed by atoms with Gasteiger partial charge in [-0.05, 0) is 78.3 Å². The van der Waals surface area contributed by atoms with Gasteiger partial charge in [-0.15, -0.1) is 18.3 Å². The van der Waals surface area contributed by atoms with Gasteiger partial charge in [0, 0.05) is 25.2 Å². The number of carboxylic acid groups (broad SMARTS) is 1. The number of benzene rings is 2. The number of hydrogen-bond acceptors (Lipinski definition) is 5. The second-order valence-corrected chi connectivity index (χ2v) is 11.4. The van der Waals surface area contributed by atoms with E-state index in [1.165, 1.54) is 11.1 Å². The highest BCUT2D eigenvalue weighted by atomic mass is 35.5. The Labute approximate surface area is 210 Å². The molecule has 0 bridgehead atoms. The maximum Gasteiger partial charge on any atom is 0.335 e. The molecule has 4 atom stereocenters. The third-order valence-corrected chi connectivity index (χ3v) is 9.28. The highest BCUT2D eigenvalue weighted by molar-refractivity contribution is 8.00. The molecule has 2 aromatic carbocycles. The van der Waals surface area contributed by atoms with E-state index in [1.54, 1.807) is 25.3 Å². The number of halogens is 1. The maximum absolute atomic E-state index is 11.8. The second-order valence-electron chi connectivity index (χ2n) is 9.49. The van der Waals surface area contributed by atoms with Gasteiger partial charge >= 0.3 is 5.97 Å². The minimum Gasteiger partial charge on any atom is -0.490 e. The lowest BCUT2D eigenvalue weighted by atomic mass is 9.70. The summed E-state index contributed by atoms with van der Waals surface area (Å²) in [6.45, 7) is 6.06. The molecule has 2 heterocycles. The Bertz CT molecular complexity index is 1110. The summed E-state index contributed by atoms with van der Waals surface area (Å²) in [7, 11) is 1.74. The van der Waals surface area contributed by atoms with Crippen molar-refractivity contribution in [1.29, 1.82) is 0 Å². The molecular weight excluding hydrogens is 470 g/mol. The van der Waals surface area contributed by atoms with E-state index in [1.807, 2.05) is 23.9 Å². The normalized spacial score (nSPS) is 26.5. The Kier molecular flexibility index (Phi) is 6.58. The first kappa shape index (κ1) is 23.6. The number of aromatic carboxylic acids is 1. The predicted molar refractivity (Wildman–Crippen MR) is 138 cm³/mol. The molecule has 5 rings (SSSR count). The highest BCUT2D eigenvalue weighted by Crippen LogP contribution is 2.49. The minimum absolute atomic E-state index is 0.0349. The van der Waals surface area contributed by atoms with Crippen molar-refractivity contribution in [2.24, 2.45) is 11.8 Å². The van der Waals surface area contributed by atoms with Crippen molar-refractivity contribution >= 4 is 35.0 Å². The summed E-state index contributed by atoms with van der Waals surface area (Å²) >= 11 is 8.26. The molecule has 180 valence electrons. The van der Waals surface area contributed by atoms with Gasteiger partial charge in [0.05, 0.1) is 22.1 Å². The number of thioether (sulfide) groups is 1. The fraction of sp³-hybridized carbons (Fsp3) is 0.444. The van der Waals surface area contributed by atoms with Crippen molar-refractivity contribution in [1.82, 2.24) is 0 Å². The summed E-state index contributed by atoms with van der Waals surface area (Å²) in [6, 6.07) is 11.4. The molecule has 2 aliphatic heterocycles. The average molecular weight is 500 g/mol. The molecule has 34 heavy (non-hydrogen) atoms. The fourth-order valence-electron chi connectivity index (χ4n) is 5.70. The summed E-state index contributed by atoms with van der Waals surface area (Å²) in [6.07, 6.45) is 5.15. The van der Waals surface area contributed by atoms with Crippen LogP contribution in [0.1, 0.15) is 34.3 Å². The quantitative estimate of drug-likeness (QED) is 0.518. The van der Waals surface area contributed by atoms with Crippen LogP contribution >= 0.6 is 23.4 Å². The minimum atomic E-state index is -0.929. The Morgan fingerprint density at radius 1 is 1.38 bits per heavy atom. The van der Waals surface area contributed by atoms with Crippen molar-refractivity contribution < 1.29 is 19.4 Å². The van der Waals surface area contributed by atoms with Crippen molar-refractivity contribution in [3.63, 3.8) is 0 Å². The number of carbonyl (C=O) groups is 1. The number of hydrogen-bond donors (Lipinski definition) is 1. The summed E-state index contributed by atoms with van der Waals surface area (Å²) in [5.41, 5.74) is 3.68. The molecule has 2 aromatic rings. The molecule has 0 radical (unpaired) electrons. The van der Waals surface area contributed by atoms with Crippen molar-refractivity contribution in [3.05, 3.63) is 70.8 Å². The third-order valence-electron chi connectivity index (χ3n) is 7.62. The zero-order valence-electron chi connectivity index (χ0n) is 19.3. The van der Waals surface area contributed by atoms with Gasteiger partial charge in [-0.1, -0.05) is 23.7 Å². The molecule has 1 spiro atoms. The number of anilines is 1. The Hall–Kier alpha value is -2.15. The van der Waals surface area contributed by atoms with Gasteiger partial charge in [0.1, 0.15) is 12.4 Å². The summed E-state index contributed by atoms with van der Waals surface area (Å²) in [4.78, 5) is 14.1. The van der Waals surface area contributed by atoms with Crippen LogP contribution in [0.25, 0.3) is 0 Å². The van der Waals surface area contributed by atoms with Gasteiger partial charge in [0.2, 0.25) is 0 Å². The van der Waals surface area contributed by atoms with E-state index in [9.17, 15) is 9.90 Å². The van der Waals surface area contributed by atoms with E-state index in [0.717, 1.165) is 54.6 Å². The molecule has 0 aromatic heterocycles. The Balaban J connectivity index is 1.54. The maximum atomic E-state index is 11.8. The van der Waals surface area contributed by atoms with Crippen LogP contribution in [0.2, 0.25) is 5.02 Å². The molecule has 5 nitrogen and oxygen atoms in total. The van der Waals surface area contributed by atoms with Crippen LogP contribution in [0.4, 0.5) is 5.69 Å². The zero-order chi connectivity index (χ0) is 23.9. The lowest BCUT2D eigenvalue weighted by Gasteiger charge is -2.45. The topological polar surface area (TPSA) is 59.0 Å².